The number of nitrogens with zero attached hydrogens (tertiary/aromatic N) is 3. The van der Waals surface area contributed by atoms with Gasteiger partial charge in [-0.1, -0.05) is 46.8 Å². The zero-order chi connectivity index (χ0) is 14.5. The Labute approximate surface area is 134 Å². The van der Waals surface area contributed by atoms with E-state index >= 15 is 0 Å². The van der Waals surface area contributed by atoms with Gasteiger partial charge < -0.3 is 9.64 Å². The Hall–Kier alpha value is -1.46. The van der Waals surface area contributed by atoms with E-state index in [2.05, 4.69) is 27.2 Å². The normalized spacial score (nSPS) is 35.7. The highest BCUT2D eigenvalue weighted by molar-refractivity contribution is 7.16. The summed E-state index contributed by atoms with van der Waals surface area (Å²) in [7, 11) is 0. The fourth-order valence-electron chi connectivity index (χ4n) is 4.63. The van der Waals surface area contributed by atoms with Crippen LogP contribution in [0.2, 0.25) is 0 Å². The minimum Gasteiger partial charge on any atom is -0.465 e. The molecule has 3 saturated heterocycles. The second-order valence-corrected chi connectivity index (χ2v) is 7.84. The van der Waals surface area contributed by atoms with Gasteiger partial charge in [-0.2, -0.15) is 0 Å². The Morgan fingerprint density at radius 1 is 1.00 bits per heavy atom. The predicted octanol–water partition coefficient (Wildman–Crippen LogP) is 2.92. The molecule has 2 unspecified atom stereocenters. The molecule has 22 heavy (non-hydrogen) atoms. The van der Waals surface area contributed by atoms with Crippen molar-refractivity contribution in [3.05, 3.63) is 30.3 Å². The zero-order valence-electron chi connectivity index (χ0n) is 12.4. The SMILES string of the molecule is c1ccc(-c2nnc(O[C@@H]3C4CC5C[C@H]3C[N@](C5)C4)s2)cc1. The Bertz CT molecular complexity index is 644. The first-order valence-corrected chi connectivity index (χ1v) is 8.95. The van der Waals surface area contributed by atoms with E-state index in [9.17, 15) is 0 Å². The van der Waals surface area contributed by atoms with Gasteiger partial charge in [0.15, 0.2) is 5.01 Å². The summed E-state index contributed by atoms with van der Waals surface area (Å²) in [5.41, 5.74) is 1.12. The van der Waals surface area contributed by atoms with Crippen LogP contribution in [0, 0.1) is 17.8 Å². The van der Waals surface area contributed by atoms with Crippen molar-refractivity contribution in [2.24, 2.45) is 17.8 Å². The average Bonchev–Trinajstić information content (AvgIpc) is 3.00. The zero-order valence-corrected chi connectivity index (χ0v) is 13.2. The Kier molecular flexibility index (Phi) is 2.98. The van der Waals surface area contributed by atoms with E-state index in [0.29, 0.717) is 17.9 Å². The lowest BCUT2D eigenvalue weighted by molar-refractivity contribution is -0.0986. The highest BCUT2D eigenvalue weighted by Crippen LogP contribution is 2.45. The largest absolute Gasteiger partial charge is 0.465 e. The van der Waals surface area contributed by atoms with Crippen LogP contribution in [0.1, 0.15) is 12.8 Å². The second kappa shape index (κ2) is 5.03. The van der Waals surface area contributed by atoms with Crippen LogP contribution in [0.15, 0.2) is 30.3 Å². The Morgan fingerprint density at radius 3 is 2.50 bits per heavy atom. The third-order valence-electron chi connectivity index (χ3n) is 5.37. The van der Waals surface area contributed by atoms with Crippen LogP contribution >= 0.6 is 11.3 Å². The lowest BCUT2D eigenvalue weighted by Crippen LogP contribution is -2.61. The van der Waals surface area contributed by atoms with E-state index in [0.717, 1.165) is 21.7 Å². The summed E-state index contributed by atoms with van der Waals surface area (Å²) < 4.78 is 6.31. The minimum atomic E-state index is 0.351. The smallest absolute Gasteiger partial charge is 0.294 e. The maximum Gasteiger partial charge on any atom is 0.294 e. The lowest BCUT2D eigenvalue weighted by Gasteiger charge is -2.54. The van der Waals surface area contributed by atoms with Crippen LogP contribution in [0.3, 0.4) is 0 Å². The van der Waals surface area contributed by atoms with Gasteiger partial charge in [0.1, 0.15) is 6.10 Å². The third-order valence-corrected chi connectivity index (χ3v) is 6.23. The fraction of sp³-hybridized carbons (Fsp3) is 0.529. The highest BCUT2D eigenvalue weighted by atomic mass is 32.1. The first-order chi connectivity index (χ1) is 10.8. The van der Waals surface area contributed by atoms with Crippen LogP contribution in [0.25, 0.3) is 10.6 Å². The molecule has 6 rings (SSSR count). The number of rotatable bonds is 3. The van der Waals surface area contributed by atoms with Gasteiger partial charge in [-0.05, 0) is 18.8 Å². The van der Waals surface area contributed by atoms with Crippen molar-refractivity contribution >= 4 is 11.3 Å². The first kappa shape index (κ1) is 13.0. The standard InChI is InChI=1S/C17H19N3OS/c1-2-4-12(5-3-1)16-18-19-17(22-16)21-15-13-6-11-7-14(15)10-20(8-11)9-13/h1-5,11,13-15H,6-10H2/t11?,13-,14?,15-/m0/s1. The predicted molar refractivity (Wildman–Crippen MR) is 85.9 cm³/mol. The molecule has 2 aromatic rings. The van der Waals surface area contributed by atoms with Crippen molar-refractivity contribution in [1.82, 2.24) is 15.1 Å². The average molecular weight is 313 g/mol. The number of piperidine rings is 3. The maximum atomic E-state index is 6.31. The van der Waals surface area contributed by atoms with Crippen molar-refractivity contribution < 1.29 is 4.74 Å². The molecule has 1 saturated carbocycles. The minimum absolute atomic E-state index is 0.351. The fourth-order valence-corrected chi connectivity index (χ4v) is 5.37. The van der Waals surface area contributed by atoms with Gasteiger partial charge in [0.05, 0.1) is 0 Å². The lowest BCUT2D eigenvalue weighted by atomic mass is 9.66. The number of ether oxygens (including phenoxy) is 1. The summed E-state index contributed by atoms with van der Waals surface area (Å²) in [6.45, 7) is 3.74. The number of benzene rings is 1. The molecule has 1 aliphatic carbocycles. The molecule has 5 heteroatoms. The van der Waals surface area contributed by atoms with Gasteiger partial charge in [-0.25, -0.2) is 0 Å². The summed E-state index contributed by atoms with van der Waals surface area (Å²) in [5, 5.41) is 10.3. The Morgan fingerprint density at radius 2 is 1.77 bits per heavy atom. The molecule has 0 spiro atoms. The van der Waals surface area contributed by atoms with E-state index in [1.54, 1.807) is 11.3 Å². The molecule has 4 fully saturated rings. The molecule has 4 aliphatic rings. The van der Waals surface area contributed by atoms with Gasteiger partial charge in [0, 0.05) is 37.0 Å². The second-order valence-electron chi connectivity index (χ2n) is 6.90. The highest BCUT2D eigenvalue weighted by Gasteiger charge is 2.49. The number of aromatic nitrogens is 2. The van der Waals surface area contributed by atoms with Gasteiger partial charge in [0.25, 0.3) is 5.19 Å². The molecule has 4 heterocycles. The molecule has 3 aliphatic heterocycles. The molecule has 5 atom stereocenters. The van der Waals surface area contributed by atoms with Crippen molar-refractivity contribution in [3.8, 4) is 15.8 Å². The molecule has 1 aromatic heterocycles. The quantitative estimate of drug-likeness (QED) is 0.873. The van der Waals surface area contributed by atoms with Crippen LogP contribution in [0.5, 0.6) is 5.19 Å². The van der Waals surface area contributed by atoms with Crippen molar-refractivity contribution in [1.29, 1.82) is 0 Å². The van der Waals surface area contributed by atoms with Gasteiger partial charge >= 0.3 is 0 Å². The molecule has 4 bridgehead atoms. The molecule has 0 amide bonds. The summed E-state index contributed by atoms with van der Waals surface area (Å²) in [5.74, 6) is 2.29. The van der Waals surface area contributed by atoms with E-state index in [4.69, 9.17) is 4.74 Å². The van der Waals surface area contributed by atoms with Crippen molar-refractivity contribution in [2.75, 3.05) is 19.6 Å². The molecular formula is C17H19N3OS. The first-order valence-electron chi connectivity index (χ1n) is 8.13. The van der Waals surface area contributed by atoms with Gasteiger partial charge in [0.2, 0.25) is 0 Å². The summed E-state index contributed by atoms with van der Waals surface area (Å²) in [6, 6.07) is 10.2. The molecule has 0 radical (unpaired) electrons. The van der Waals surface area contributed by atoms with Crippen LogP contribution in [-0.4, -0.2) is 40.8 Å². The van der Waals surface area contributed by atoms with Crippen LogP contribution in [0.4, 0.5) is 0 Å². The molecule has 4 nitrogen and oxygen atoms in total. The summed E-state index contributed by atoms with van der Waals surface area (Å²) in [4.78, 5) is 2.63. The molecular weight excluding hydrogens is 294 g/mol. The van der Waals surface area contributed by atoms with Gasteiger partial charge in [-0.3, -0.25) is 0 Å². The van der Waals surface area contributed by atoms with Crippen LogP contribution in [-0.2, 0) is 0 Å². The van der Waals surface area contributed by atoms with E-state index in [-0.39, 0.29) is 0 Å². The summed E-state index contributed by atoms with van der Waals surface area (Å²) >= 11 is 1.57. The number of hydrogen-bond acceptors (Lipinski definition) is 5. The molecule has 114 valence electrons. The monoisotopic (exact) mass is 313 g/mol. The van der Waals surface area contributed by atoms with Crippen LogP contribution < -0.4 is 4.74 Å². The third kappa shape index (κ3) is 2.15. The molecule has 1 aromatic carbocycles. The topological polar surface area (TPSA) is 38.3 Å². The van der Waals surface area contributed by atoms with E-state index in [1.807, 2.05) is 18.2 Å². The Balaban J connectivity index is 1.35. The van der Waals surface area contributed by atoms with E-state index < -0.39 is 0 Å². The van der Waals surface area contributed by atoms with Crippen molar-refractivity contribution in [2.45, 2.75) is 18.9 Å². The maximum absolute atomic E-state index is 6.31. The van der Waals surface area contributed by atoms with Crippen molar-refractivity contribution in [3.63, 3.8) is 0 Å². The van der Waals surface area contributed by atoms with E-state index in [1.165, 1.54) is 32.5 Å². The number of hydrogen-bond donors (Lipinski definition) is 0. The molecule has 0 N–H and O–H groups in total. The summed E-state index contributed by atoms with van der Waals surface area (Å²) in [6.07, 6.45) is 3.02. The van der Waals surface area contributed by atoms with Gasteiger partial charge in [-0.15, -0.1) is 5.10 Å².